The molecule has 0 aliphatic rings. The van der Waals surface area contributed by atoms with Gasteiger partial charge in [0.1, 0.15) is 5.75 Å². The van der Waals surface area contributed by atoms with Crippen molar-refractivity contribution in [3.8, 4) is 16.9 Å². The Morgan fingerprint density at radius 3 is 2.15 bits per heavy atom. The lowest BCUT2D eigenvalue weighted by Gasteiger charge is -2.10. The summed E-state index contributed by atoms with van der Waals surface area (Å²) < 4.78 is 5.19. The van der Waals surface area contributed by atoms with Gasteiger partial charge in [-0.25, -0.2) is 0 Å². The summed E-state index contributed by atoms with van der Waals surface area (Å²) in [5, 5.41) is 5.34. The van der Waals surface area contributed by atoms with Crippen LogP contribution in [0.25, 0.3) is 11.1 Å². The molecule has 3 rings (SSSR count). The first-order valence-corrected chi connectivity index (χ1v) is 8.54. The Morgan fingerprint density at radius 1 is 0.815 bits per heavy atom. The smallest absolute Gasteiger partial charge is 0.251 e. The van der Waals surface area contributed by atoms with E-state index in [2.05, 4.69) is 10.6 Å². The molecule has 0 unspecified atom stereocenters. The van der Waals surface area contributed by atoms with Gasteiger partial charge in [0.15, 0.2) is 0 Å². The van der Waals surface area contributed by atoms with Gasteiger partial charge in [-0.2, -0.15) is 0 Å². The largest absolute Gasteiger partial charge is 0.495 e. The summed E-state index contributed by atoms with van der Waals surface area (Å²) in [6, 6.07) is 24.3. The highest BCUT2D eigenvalue weighted by Crippen LogP contribution is 2.22. The second-order valence-electron chi connectivity index (χ2n) is 5.87. The second-order valence-corrected chi connectivity index (χ2v) is 5.87. The first kappa shape index (κ1) is 18.2. The van der Waals surface area contributed by atoms with Crippen molar-refractivity contribution in [3.63, 3.8) is 0 Å². The molecule has 0 saturated heterocycles. The van der Waals surface area contributed by atoms with E-state index >= 15 is 0 Å². The lowest BCUT2D eigenvalue weighted by Crippen LogP contribution is -2.32. The standard InChI is InChI=1S/C22H20N2O3/c1-27-20-10-6-5-9-19(20)24-21(25)15-23-22(26)18-13-11-17(12-14-18)16-7-3-2-4-8-16/h2-14H,15H2,1H3,(H,23,26)(H,24,25). The van der Waals surface area contributed by atoms with Crippen molar-refractivity contribution in [2.24, 2.45) is 0 Å². The zero-order valence-corrected chi connectivity index (χ0v) is 14.9. The lowest BCUT2D eigenvalue weighted by molar-refractivity contribution is -0.115. The van der Waals surface area contributed by atoms with Gasteiger partial charge in [0, 0.05) is 5.56 Å². The summed E-state index contributed by atoms with van der Waals surface area (Å²) in [6.07, 6.45) is 0. The number of methoxy groups -OCH3 is 1. The maximum absolute atomic E-state index is 12.3. The van der Waals surface area contributed by atoms with Gasteiger partial charge in [-0.3, -0.25) is 9.59 Å². The van der Waals surface area contributed by atoms with Crippen LogP contribution in [0.3, 0.4) is 0 Å². The minimum Gasteiger partial charge on any atom is -0.495 e. The predicted molar refractivity (Wildman–Crippen MR) is 106 cm³/mol. The fourth-order valence-electron chi connectivity index (χ4n) is 2.65. The van der Waals surface area contributed by atoms with Crippen molar-refractivity contribution in [3.05, 3.63) is 84.4 Å². The van der Waals surface area contributed by atoms with Gasteiger partial charge in [-0.1, -0.05) is 54.6 Å². The third-order valence-corrected chi connectivity index (χ3v) is 4.04. The van der Waals surface area contributed by atoms with E-state index in [0.29, 0.717) is 17.0 Å². The first-order valence-electron chi connectivity index (χ1n) is 8.54. The predicted octanol–water partition coefficient (Wildman–Crippen LogP) is 3.73. The molecular formula is C22H20N2O3. The number of carbonyl (C=O) groups excluding carboxylic acids is 2. The number of para-hydroxylation sites is 2. The molecule has 0 radical (unpaired) electrons. The molecule has 0 bridgehead atoms. The highest BCUT2D eigenvalue weighted by molar-refractivity contribution is 6.00. The second kappa shape index (κ2) is 8.67. The van der Waals surface area contributed by atoms with Gasteiger partial charge in [-0.15, -0.1) is 0 Å². The van der Waals surface area contributed by atoms with Gasteiger partial charge >= 0.3 is 0 Å². The zero-order chi connectivity index (χ0) is 19.1. The molecule has 3 aromatic rings. The van der Waals surface area contributed by atoms with Crippen molar-refractivity contribution in [2.45, 2.75) is 0 Å². The van der Waals surface area contributed by atoms with Crippen molar-refractivity contribution in [2.75, 3.05) is 19.0 Å². The lowest BCUT2D eigenvalue weighted by atomic mass is 10.0. The number of anilines is 1. The average molecular weight is 360 g/mol. The van der Waals surface area contributed by atoms with Crippen molar-refractivity contribution < 1.29 is 14.3 Å². The third kappa shape index (κ3) is 4.73. The Balaban J connectivity index is 1.56. The first-order chi connectivity index (χ1) is 13.2. The summed E-state index contributed by atoms with van der Waals surface area (Å²) in [5.74, 6) is -0.0628. The van der Waals surface area contributed by atoms with Crippen LogP contribution in [-0.4, -0.2) is 25.5 Å². The minimum atomic E-state index is -0.325. The normalized spacial score (nSPS) is 10.1. The third-order valence-electron chi connectivity index (χ3n) is 4.04. The molecule has 5 nitrogen and oxygen atoms in total. The Bertz CT molecular complexity index is 922. The minimum absolute atomic E-state index is 0.128. The highest BCUT2D eigenvalue weighted by atomic mass is 16.5. The van der Waals surface area contributed by atoms with Crippen LogP contribution in [0.15, 0.2) is 78.9 Å². The molecule has 0 atom stereocenters. The molecule has 0 aromatic heterocycles. The van der Waals surface area contributed by atoms with E-state index < -0.39 is 0 Å². The van der Waals surface area contributed by atoms with Gasteiger partial charge in [0.25, 0.3) is 5.91 Å². The highest BCUT2D eigenvalue weighted by Gasteiger charge is 2.10. The number of benzene rings is 3. The van der Waals surface area contributed by atoms with Gasteiger partial charge in [-0.05, 0) is 35.4 Å². The number of nitrogens with one attached hydrogen (secondary N) is 2. The molecule has 27 heavy (non-hydrogen) atoms. The van der Waals surface area contributed by atoms with E-state index in [4.69, 9.17) is 4.74 Å². The summed E-state index contributed by atoms with van der Waals surface area (Å²) in [4.78, 5) is 24.3. The SMILES string of the molecule is COc1ccccc1NC(=O)CNC(=O)c1ccc(-c2ccccc2)cc1. The molecular weight excluding hydrogens is 340 g/mol. The van der Waals surface area contributed by atoms with E-state index in [-0.39, 0.29) is 18.4 Å². The van der Waals surface area contributed by atoms with Crippen LogP contribution >= 0.6 is 0 Å². The molecule has 136 valence electrons. The van der Waals surface area contributed by atoms with Crippen molar-refractivity contribution >= 4 is 17.5 Å². The summed E-state index contributed by atoms with van der Waals surface area (Å²) in [6.45, 7) is -0.128. The Labute approximate surface area is 158 Å². The van der Waals surface area contributed by atoms with Crippen molar-refractivity contribution in [1.29, 1.82) is 0 Å². The van der Waals surface area contributed by atoms with Crippen LogP contribution in [0.1, 0.15) is 10.4 Å². The summed E-state index contributed by atoms with van der Waals surface area (Å²) in [7, 11) is 1.53. The Morgan fingerprint density at radius 2 is 1.44 bits per heavy atom. The molecule has 2 amide bonds. The fraction of sp³-hybridized carbons (Fsp3) is 0.0909. The Hall–Kier alpha value is -3.60. The van der Waals surface area contributed by atoms with E-state index in [1.165, 1.54) is 7.11 Å². The maximum atomic E-state index is 12.3. The van der Waals surface area contributed by atoms with Crippen LogP contribution in [-0.2, 0) is 4.79 Å². The fourth-order valence-corrected chi connectivity index (χ4v) is 2.65. The summed E-state index contributed by atoms with van der Waals surface area (Å²) in [5.41, 5.74) is 3.17. The molecule has 0 spiro atoms. The maximum Gasteiger partial charge on any atom is 0.251 e. The number of hydrogen-bond donors (Lipinski definition) is 2. The number of ether oxygens (including phenoxy) is 1. The molecule has 2 N–H and O–H groups in total. The van der Waals surface area contributed by atoms with Gasteiger partial charge in [0.05, 0.1) is 19.3 Å². The summed E-state index contributed by atoms with van der Waals surface area (Å²) >= 11 is 0. The molecule has 0 fully saturated rings. The van der Waals surface area contributed by atoms with Crippen LogP contribution in [0.5, 0.6) is 5.75 Å². The van der Waals surface area contributed by atoms with Crippen LogP contribution in [0.4, 0.5) is 5.69 Å². The van der Waals surface area contributed by atoms with Gasteiger partial charge < -0.3 is 15.4 Å². The van der Waals surface area contributed by atoms with E-state index in [9.17, 15) is 9.59 Å². The average Bonchev–Trinajstić information content (AvgIpc) is 2.73. The molecule has 0 heterocycles. The van der Waals surface area contributed by atoms with E-state index in [1.54, 1.807) is 30.3 Å². The number of carbonyl (C=O) groups is 2. The van der Waals surface area contributed by atoms with E-state index in [1.807, 2.05) is 48.5 Å². The number of hydrogen-bond acceptors (Lipinski definition) is 3. The molecule has 0 aliphatic heterocycles. The Kier molecular flexibility index (Phi) is 5.84. The number of amides is 2. The van der Waals surface area contributed by atoms with Crippen LogP contribution in [0.2, 0.25) is 0 Å². The molecule has 5 heteroatoms. The zero-order valence-electron chi connectivity index (χ0n) is 14.9. The molecule has 0 aliphatic carbocycles. The van der Waals surface area contributed by atoms with E-state index in [0.717, 1.165) is 11.1 Å². The number of rotatable bonds is 6. The monoisotopic (exact) mass is 360 g/mol. The molecule has 0 saturated carbocycles. The van der Waals surface area contributed by atoms with Crippen LogP contribution in [0, 0.1) is 0 Å². The molecule has 3 aromatic carbocycles. The van der Waals surface area contributed by atoms with Gasteiger partial charge in [0.2, 0.25) is 5.91 Å². The quantitative estimate of drug-likeness (QED) is 0.704. The van der Waals surface area contributed by atoms with Crippen molar-refractivity contribution in [1.82, 2.24) is 5.32 Å². The topological polar surface area (TPSA) is 67.4 Å². The van der Waals surface area contributed by atoms with Crippen LogP contribution < -0.4 is 15.4 Å².